The van der Waals surface area contributed by atoms with Crippen LogP contribution in [0.5, 0.6) is 0 Å². The number of hydrogen-bond acceptors (Lipinski definition) is 5. The van der Waals surface area contributed by atoms with Crippen molar-refractivity contribution < 1.29 is 13.2 Å². The minimum Gasteiger partial charge on any atom is -0.338 e. The molecule has 2 aliphatic heterocycles. The zero-order valence-electron chi connectivity index (χ0n) is 20.5. The highest BCUT2D eigenvalue weighted by atomic mass is 19.3. The number of benzene rings is 1. The zero-order valence-corrected chi connectivity index (χ0v) is 20.5. The van der Waals surface area contributed by atoms with Crippen LogP contribution >= 0.6 is 0 Å². The van der Waals surface area contributed by atoms with E-state index in [1.54, 1.807) is 4.57 Å². The second-order valence-corrected chi connectivity index (χ2v) is 9.89. The van der Waals surface area contributed by atoms with Crippen molar-refractivity contribution in [3.63, 3.8) is 0 Å². The Morgan fingerprint density at radius 3 is 2.58 bits per heavy atom. The van der Waals surface area contributed by atoms with Crippen LogP contribution in [0.15, 0.2) is 45.5 Å². The van der Waals surface area contributed by atoms with Gasteiger partial charge in [0.1, 0.15) is 5.82 Å². The molecule has 0 saturated carbocycles. The van der Waals surface area contributed by atoms with Gasteiger partial charge in [0.05, 0.1) is 6.54 Å². The minimum absolute atomic E-state index is 0.105. The topological polar surface area (TPSA) is 77.1 Å². The van der Waals surface area contributed by atoms with Crippen LogP contribution < -0.4 is 21.5 Å². The quantitative estimate of drug-likeness (QED) is 0.525. The highest BCUT2D eigenvalue weighted by Crippen LogP contribution is 2.33. The van der Waals surface area contributed by atoms with E-state index < -0.39 is 35.1 Å². The van der Waals surface area contributed by atoms with Crippen LogP contribution in [0.25, 0.3) is 11.2 Å². The van der Waals surface area contributed by atoms with Gasteiger partial charge in [0, 0.05) is 44.8 Å². The second kappa shape index (κ2) is 8.95. The van der Waals surface area contributed by atoms with Crippen molar-refractivity contribution in [1.82, 2.24) is 24.0 Å². The van der Waals surface area contributed by atoms with E-state index in [-0.39, 0.29) is 17.2 Å². The van der Waals surface area contributed by atoms with Crippen LogP contribution in [0.4, 0.5) is 19.1 Å². The maximum atomic E-state index is 15.1. The van der Waals surface area contributed by atoms with Crippen molar-refractivity contribution in [1.29, 1.82) is 0 Å². The summed E-state index contributed by atoms with van der Waals surface area (Å²) in [5, 5.41) is 3.39. The fraction of sp³-hybridized carbons (Fsp3) is 0.480. The smallest absolute Gasteiger partial charge is 0.332 e. The first-order chi connectivity index (χ1) is 17.1. The van der Waals surface area contributed by atoms with E-state index >= 15 is 8.78 Å². The molecule has 0 aliphatic carbocycles. The number of anilines is 1. The Morgan fingerprint density at radius 1 is 1.17 bits per heavy atom. The fourth-order valence-corrected chi connectivity index (χ4v) is 5.25. The number of halogens is 3. The van der Waals surface area contributed by atoms with Gasteiger partial charge in [-0.05, 0) is 38.3 Å². The summed E-state index contributed by atoms with van der Waals surface area (Å²) < 4.78 is 47.0. The van der Waals surface area contributed by atoms with Gasteiger partial charge in [-0.1, -0.05) is 23.8 Å². The summed E-state index contributed by atoms with van der Waals surface area (Å²) in [5.74, 6) is -3.19. The highest BCUT2D eigenvalue weighted by molar-refractivity contribution is 5.75. The first kappa shape index (κ1) is 24.4. The lowest BCUT2D eigenvalue weighted by molar-refractivity contribution is -0.0244. The Labute approximate surface area is 205 Å². The maximum Gasteiger partial charge on any atom is 0.332 e. The monoisotopic (exact) mass is 502 g/mol. The molecule has 2 atom stereocenters. The van der Waals surface area contributed by atoms with Gasteiger partial charge in [-0.15, -0.1) is 0 Å². The van der Waals surface area contributed by atoms with Gasteiger partial charge in [0.2, 0.25) is 5.95 Å². The molecule has 5 rings (SSSR count). The second-order valence-electron chi connectivity index (χ2n) is 9.89. The molecule has 0 bridgehead atoms. The number of aryl methyl sites for hydroxylation is 1. The number of hydrogen-bond donors (Lipinski definition) is 1. The van der Waals surface area contributed by atoms with E-state index in [4.69, 9.17) is 4.98 Å². The number of fused-ring (bicyclic) bond motifs is 2. The molecule has 0 amide bonds. The number of imidazole rings is 1. The van der Waals surface area contributed by atoms with Crippen molar-refractivity contribution in [3.8, 4) is 0 Å². The van der Waals surface area contributed by atoms with Crippen LogP contribution in [-0.4, -0.2) is 44.4 Å². The predicted molar refractivity (Wildman–Crippen MR) is 131 cm³/mol. The molecular formula is C25H29F3N6O2. The Hall–Kier alpha value is -3.34. The molecule has 4 heterocycles. The average molecular weight is 503 g/mol. The van der Waals surface area contributed by atoms with Gasteiger partial charge in [0.15, 0.2) is 11.2 Å². The molecule has 0 unspecified atom stereocenters. The summed E-state index contributed by atoms with van der Waals surface area (Å²) in [6.07, 6.45) is 2.92. The third kappa shape index (κ3) is 4.04. The summed E-state index contributed by atoms with van der Waals surface area (Å²) >= 11 is 0. The molecule has 3 aromatic rings. The molecule has 2 aliphatic rings. The van der Waals surface area contributed by atoms with Crippen molar-refractivity contribution in [2.45, 2.75) is 45.3 Å². The minimum atomic E-state index is -3.57. The molecule has 1 aromatic carbocycles. The van der Waals surface area contributed by atoms with Gasteiger partial charge in [-0.2, -0.15) is 13.8 Å². The molecule has 0 spiro atoms. The molecule has 2 fully saturated rings. The Kier molecular flexibility index (Phi) is 6.06. The summed E-state index contributed by atoms with van der Waals surface area (Å²) in [7, 11) is 1.43. The molecule has 2 aromatic heterocycles. The number of nitrogens with zero attached hydrogens (tertiary/aromatic N) is 5. The first-order valence-electron chi connectivity index (χ1n) is 12.0. The molecule has 8 nitrogen and oxygen atoms in total. The lowest BCUT2D eigenvalue weighted by Gasteiger charge is -2.25. The molecule has 1 N–H and O–H groups in total. The predicted octanol–water partition coefficient (Wildman–Crippen LogP) is 2.59. The van der Waals surface area contributed by atoms with Crippen molar-refractivity contribution in [3.05, 3.63) is 68.1 Å². The van der Waals surface area contributed by atoms with E-state index in [1.165, 1.54) is 7.05 Å². The molecular weight excluding hydrogens is 473 g/mol. The van der Waals surface area contributed by atoms with E-state index in [0.29, 0.717) is 23.0 Å². The molecule has 11 heteroatoms. The zero-order chi connectivity index (χ0) is 25.8. The highest BCUT2D eigenvalue weighted by Gasteiger charge is 2.40. The summed E-state index contributed by atoms with van der Waals surface area (Å²) in [4.78, 5) is 33.6. The first-order valence-corrected chi connectivity index (χ1v) is 12.0. The van der Waals surface area contributed by atoms with Crippen LogP contribution in [0.3, 0.4) is 0 Å². The molecule has 0 radical (unpaired) electrons. The number of allylic oxidation sites excluding steroid dienone is 2. The average Bonchev–Trinajstić information content (AvgIpc) is 3.54. The SMILES string of the molecule is CC(C)=CCn1c(N2CC[C@H]3CNC[C@H]32)nc2c1c(=O)n(CC(F)(F)c1ccc(F)cc1)c(=O)n2C. The van der Waals surface area contributed by atoms with Gasteiger partial charge >= 0.3 is 5.69 Å². The number of nitrogens with one attached hydrogen (secondary N) is 1. The third-order valence-corrected chi connectivity index (χ3v) is 7.22. The van der Waals surface area contributed by atoms with E-state index in [0.717, 1.165) is 60.5 Å². The normalized spacial score (nSPS) is 19.8. The summed E-state index contributed by atoms with van der Waals surface area (Å²) in [6, 6.07) is 3.99. The van der Waals surface area contributed by atoms with Crippen molar-refractivity contribution >= 4 is 17.1 Å². The standard InChI is InChI=1S/C25H29F3N6O2/c1-15(2)8-10-33-20-21(30-23(33)32-11-9-16-12-29-13-19(16)32)31(3)24(36)34(22(20)35)14-25(27,28)17-4-6-18(26)7-5-17/h4-8,16,19,29H,9-14H2,1-3H3/t16-,19+/m0/s1. The van der Waals surface area contributed by atoms with Gasteiger partial charge in [0.25, 0.3) is 11.5 Å². The molecule has 2 saturated heterocycles. The number of aromatic nitrogens is 4. The largest absolute Gasteiger partial charge is 0.338 e. The third-order valence-electron chi connectivity index (χ3n) is 7.22. The van der Waals surface area contributed by atoms with E-state index in [9.17, 15) is 14.0 Å². The van der Waals surface area contributed by atoms with Crippen LogP contribution in [0.2, 0.25) is 0 Å². The number of rotatable bonds is 6. The van der Waals surface area contributed by atoms with Gasteiger partial charge in [-0.25, -0.2) is 9.18 Å². The van der Waals surface area contributed by atoms with Gasteiger partial charge in [-0.3, -0.25) is 13.9 Å². The van der Waals surface area contributed by atoms with Gasteiger partial charge < -0.3 is 14.8 Å². The summed E-state index contributed by atoms with van der Waals surface area (Å²) in [5.41, 5.74) is -0.886. The maximum absolute atomic E-state index is 15.1. The van der Waals surface area contributed by atoms with Crippen LogP contribution in [0.1, 0.15) is 25.8 Å². The van der Waals surface area contributed by atoms with Crippen LogP contribution in [-0.2, 0) is 26.1 Å². The van der Waals surface area contributed by atoms with Crippen LogP contribution in [0, 0.1) is 11.7 Å². The van der Waals surface area contributed by atoms with E-state index in [2.05, 4.69) is 10.2 Å². The molecule has 36 heavy (non-hydrogen) atoms. The Bertz CT molecular complexity index is 1450. The summed E-state index contributed by atoms with van der Waals surface area (Å²) in [6.45, 7) is 5.49. The number of alkyl halides is 2. The lowest BCUT2D eigenvalue weighted by Crippen LogP contribution is -2.43. The van der Waals surface area contributed by atoms with Crippen molar-refractivity contribution in [2.24, 2.45) is 13.0 Å². The Balaban J connectivity index is 1.67. The van der Waals surface area contributed by atoms with Crippen molar-refractivity contribution in [2.75, 3.05) is 24.5 Å². The Morgan fingerprint density at radius 2 is 1.89 bits per heavy atom. The van der Waals surface area contributed by atoms with E-state index in [1.807, 2.05) is 19.9 Å². The fourth-order valence-electron chi connectivity index (χ4n) is 5.25. The molecule has 192 valence electrons. The lowest BCUT2D eigenvalue weighted by atomic mass is 10.1.